The van der Waals surface area contributed by atoms with Crippen LogP contribution in [0.4, 0.5) is 0 Å². The van der Waals surface area contributed by atoms with Crippen LogP contribution in [-0.4, -0.2) is 57.3 Å². The third-order valence-corrected chi connectivity index (χ3v) is 9.92. The van der Waals surface area contributed by atoms with Gasteiger partial charge in [0, 0.05) is 34.4 Å². The molecule has 1 saturated carbocycles. The summed E-state index contributed by atoms with van der Waals surface area (Å²) >= 11 is 7.17. The number of benzene rings is 1. The van der Waals surface area contributed by atoms with Gasteiger partial charge in [-0.25, -0.2) is 4.98 Å². The van der Waals surface area contributed by atoms with Crippen LogP contribution in [0.15, 0.2) is 24.3 Å². The number of aryl methyl sites for hydroxylation is 2. The first-order chi connectivity index (χ1) is 15.4. The summed E-state index contributed by atoms with van der Waals surface area (Å²) in [4.78, 5) is 8.88. The van der Waals surface area contributed by atoms with Gasteiger partial charge in [-0.1, -0.05) is 34.9 Å². The monoisotopic (exact) mass is 494 g/mol. The van der Waals surface area contributed by atoms with Crippen LogP contribution in [0, 0.1) is 13.8 Å². The molecule has 1 aromatic heterocycles. The van der Waals surface area contributed by atoms with Crippen molar-refractivity contribution in [2.45, 2.75) is 77.0 Å². The highest BCUT2D eigenvalue weighted by Gasteiger charge is 2.37. The number of thiazole rings is 1. The lowest BCUT2D eigenvalue weighted by atomic mass is 9.84. The molecule has 3 unspecified atom stereocenters. The highest BCUT2D eigenvalue weighted by atomic mass is 35.5. The van der Waals surface area contributed by atoms with Crippen molar-refractivity contribution in [3.05, 3.63) is 50.4 Å². The molecule has 0 N–H and O–H groups in total. The average Bonchev–Trinajstić information content (AvgIpc) is 3.14. The first-order valence-corrected chi connectivity index (χ1v) is 14.5. The number of aromatic nitrogens is 1. The summed E-state index contributed by atoms with van der Waals surface area (Å²) < 4.78 is 18.4. The minimum absolute atomic E-state index is 0.0687. The lowest BCUT2D eigenvalue weighted by Crippen LogP contribution is -2.56. The smallest absolute Gasteiger partial charge is 0.132 e. The summed E-state index contributed by atoms with van der Waals surface area (Å²) in [5.74, 6) is 1.95. The fourth-order valence-electron chi connectivity index (χ4n) is 5.05. The van der Waals surface area contributed by atoms with Crippen LogP contribution in [0.5, 0.6) is 0 Å². The van der Waals surface area contributed by atoms with Crippen molar-refractivity contribution in [3.8, 4) is 0 Å². The molecule has 1 saturated heterocycles. The maximum Gasteiger partial charge on any atom is 0.132 e. The van der Waals surface area contributed by atoms with Crippen LogP contribution in [0.25, 0.3) is 0 Å². The standard InChI is InChI=1S/C25H35ClN2O2S2/c1-4-32(29)16-24-14-28(23(15-30-24)13-19-5-9-21(26)10-6-19)22-11-7-20(8-12-22)25-27-17(2)18(3)31-25/h5-6,9-10,20,22-24H,4,7-8,11-16H2,1-3H3. The van der Waals surface area contributed by atoms with Crippen molar-refractivity contribution in [3.63, 3.8) is 0 Å². The Hall–Kier alpha value is -0.630. The van der Waals surface area contributed by atoms with E-state index in [2.05, 4.69) is 30.9 Å². The summed E-state index contributed by atoms with van der Waals surface area (Å²) in [5, 5.41) is 2.10. The van der Waals surface area contributed by atoms with Crippen LogP contribution in [0.3, 0.4) is 0 Å². The second-order valence-corrected chi connectivity index (χ2v) is 12.7. The summed E-state index contributed by atoms with van der Waals surface area (Å²) in [5.41, 5.74) is 2.49. The Bertz CT molecular complexity index is 848. The van der Waals surface area contributed by atoms with E-state index in [1.165, 1.54) is 46.8 Å². The van der Waals surface area contributed by atoms with Gasteiger partial charge in [-0.15, -0.1) is 11.3 Å². The summed E-state index contributed by atoms with van der Waals surface area (Å²) in [6, 6.07) is 9.12. The number of morpholine rings is 1. The minimum Gasteiger partial charge on any atom is -0.616 e. The number of rotatable bonds is 7. The van der Waals surface area contributed by atoms with E-state index in [0.717, 1.165) is 18.0 Å². The Morgan fingerprint density at radius 2 is 1.91 bits per heavy atom. The fraction of sp³-hybridized carbons (Fsp3) is 0.640. The SMILES string of the molecule is CC[S+]([O-])CC1CN(C2CCC(c3nc(C)c(C)s3)CC2)C(Cc2ccc(Cl)cc2)CO1. The van der Waals surface area contributed by atoms with E-state index < -0.39 is 11.2 Å². The van der Waals surface area contributed by atoms with Gasteiger partial charge in [-0.3, -0.25) is 4.90 Å². The maximum absolute atomic E-state index is 12.2. The lowest BCUT2D eigenvalue weighted by molar-refractivity contribution is -0.0755. The van der Waals surface area contributed by atoms with E-state index in [4.69, 9.17) is 21.3 Å². The predicted molar refractivity (Wildman–Crippen MR) is 136 cm³/mol. The van der Waals surface area contributed by atoms with Crippen molar-refractivity contribution in [1.29, 1.82) is 0 Å². The van der Waals surface area contributed by atoms with Gasteiger partial charge < -0.3 is 9.29 Å². The third-order valence-electron chi connectivity index (χ3n) is 7.05. The van der Waals surface area contributed by atoms with Gasteiger partial charge in [0.1, 0.15) is 17.6 Å². The van der Waals surface area contributed by atoms with E-state index in [0.29, 0.717) is 36.1 Å². The van der Waals surface area contributed by atoms with Crippen molar-refractivity contribution >= 4 is 34.1 Å². The molecule has 4 rings (SSSR count). The largest absolute Gasteiger partial charge is 0.616 e. The Kier molecular flexibility index (Phi) is 8.57. The maximum atomic E-state index is 12.2. The lowest BCUT2D eigenvalue weighted by Gasteiger charge is -2.46. The molecule has 1 aliphatic heterocycles. The molecule has 1 aromatic carbocycles. The molecular formula is C25H35ClN2O2S2. The van der Waals surface area contributed by atoms with Crippen LogP contribution in [-0.2, 0) is 22.3 Å². The summed E-state index contributed by atoms with van der Waals surface area (Å²) in [6.45, 7) is 7.88. The topological polar surface area (TPSA) is 48.4 Å². The minimum atomic E-state index is -0.800. The van der Waals surface area contributed by atoms with Gasteiger partial charge >= 0.3 is 0 Å². The zero-order valence-electron chi connectivity index (χ0n) is 19.4. The van der Waals surface area contributed by atoms with Crippen molar-refractivity contribution in [1.82, 2.24) is 9.88 Å². The van der Waals surface area contributed by atoms with Crippen LogP contribution in [0.1, 0.15) is 59.7 Å². The van der Waals surface area contributed by atoms with Gasteiger partial charge in [-0.2, -0.15) is 0 Å². The third kappa shape index (κ3) is 6.08. The van der Waals surface area contributed by atoms with Gasteiger partial charge in [-0.05, 0) is 70.6 Å². The number of hydrogen-bond acceptors (Lipinski definition) is 5. The Morgan fingerprint density at radius 3 is 2.53 bits per heavy atom. The normalized spacial score (nSPS) is 28.0. The van der Waals surface area contributed by atoms with E-state index in [1.807, 2.05) is 30.4 Å². The van der Waals surface area contributed by atoms with E-state index >= 15 is 0 Å². The number of halogens is 1. The zero-order chi connectivity index (χ0) is 22.7. The Balaban J connectivity index is 1.43. The number of ether oxygens (including phenoxy) is 1. The van der Waals surface area contributed by atoms with E-state index in [9.17, 15) is 4.55 Å². The zero-order valence-corrected chi connectivity index (χ0v) is 21.8. The highest BCUT2D eigenvalue weighted by Crippen LogP contribution is 2.38. The van der Waals surface area contributed by atoms with Gasteiger partial charge in [0.25, 0.3) is 0 Å². The van der Waals surface area contributed by atoms with Crippen molar-refractivity contribution in [2.24, 2.45) is 0 Å². The van der Waals surface area contributed by atoms with Crippen molar-refractivity contribution < 1.29 is 9.29 Å². The molecule has 0 amide bonds. The van der Waals surface area contributed by atoms with Gasteiger partial charge in [0.05, 0.1) is 17.3 Å². The second-order valence-electron chi connectivity index (χ2n) is 9.23. The van der Waals surface area contributed by atoms with Gasteiger partial charge in [0.15, 0.2) is 0 Å². The first-order valence-electron chi connectivity index (χ1n) is 11.8. The molecule has 32 heavy (non-hydrogen) atoms. The van der Waals surface area contributed by atoms with Crippen LogP contribution in [0.2, 0.25) is 5.02 Å². The second kappa shape index (κ2) is 11.2. The molecule has 0 bridgehead atoms. The highest BCUT2D eigenvalue weighted by molar-refractivity contribution is 7.91. The summed E-state index contributed by atoms with van der Waals surface area (Å²) in [6.07, 6.45) is 5.83. The predicted octanol–water partition coefficient (Wildman–Crippen LogP) is 5.52. The van der Waals surface area contributed by atoms with Gasteiger partial charge in [0.2, 0.25) is 0 Å². The molecule has 3 atom stereocenters. The Morgan fingerprint density at radius 1 is 1.19 bits per heavy atom. The first kappa shape index (κ1) is 24.5. The molecule has 4 nitrogen and oxygen atoms in total. The van der Waals surface area contributed by atoms with E-state index in [1.54, 1.807) is 0 Å². The average molecular weight is 495 g/mol. The molecule has 1 aliphatic carbocycles. The molecular weight excluding hydrogens is 460 g/mol. The molecule has 0 radical (unpaired) electrons. The molecule has 2 aromatic rings. The molecule has 7 heteroatoms. The number of hydrogen-bond donors (Lipinski definition) is 0. The number of nitrogens with zero attached hydrogens (tertiary/aromatic N) is 2. The van der Waals surface area contributed by atoms with Crippen molar-refractivity contribution in [2.75, 3.05) is 24.7 Å². The molecule has 2 aliphatic rings. The molecule has 0 spiro atoms. The van der Waals surface area contributed by atoms with Crippen LogP contribution < -0.4 is 0 Å². The molecule has 2 heterocycles. The van der Waals surface area contributed by atoms with Crippen LogP contribution >= 0.6 is 22.9 Å². The molecule has 176 valence electrons. The van der Waals surface area contributed by atoms with E-state index in [-0.39, 0.29) is 6.10 Å². The fourth-order valence-corrected chi connectivity index (χ4v) is 7.12. The Labute approximate surface area is 204 Å². The molecule has 2 fully saturated rings. The summed E-state index contributed by atoms with van der Waals surface area (Å²) in [7, 11) is 0. The quantitative estimate of drug-likeness (QED) is 0.475.